The number of benzene rings is 2. The Labute approximate surface area is 193 Å². The van der Waals surface area contributed by atoms with Gasteiger partial charge in [-0.05, 0) is 41.8 Å². The highest BCUT2D eigenvalue weighted by molar-refractivity contribution is 7.92. The fourth-order valence-corrected chi connectivity index (χ4v) is 4.75. The van der Waals surface area contributed by atoms with Crippen LogP contribution in [-0.2, 0) is 19.6 Å². The maximum Gasteiger partial charge on any atom is 0.307 e. The van der Waals surface area contributed by atoms with Crippen LogP contribution in [-0.4, -0.2) is 32.3 Å². The largest absolute Gasteiger partial charge is 0.469 e. The number of nitro groups is 1. The second-order valence-electron chi connectivity index (χ2n) is 6.76. The number of hydrogen-bond donors (Lipinski definition) is 2. The van der Waals surface area contributed by atoms with Gasteiger partial charge in [0, 0.05) is 28.3 Å². The van der Waals surface area contributed by atoms with Crippen LogP contribution < -0.4 is 10.0 Å². The van der Waals surface area contributed by atoms with Crippen molar-refractivity contribution < 1.29 is 27.7 Å². The third kappa shape index (κ3) is 6.14. The number of ether oxygens (including phenoxy) is 1. The number of amides is 1. The van der Waals surface area contributed by atoms with Crippen molar-refractivity contribution in [3.63, 3.8) is 0 Å². The van der Waals surface area contributed by atoms with E-state index in [2.05, 4.69) is 10.0 Å². The summed E-state index contributed by atoms with van der Waals surface area (Å²) < 4.78 is 32.1. The van der Waals surface area contributed by atoms with Crippen LogP contribution in [0, 0.1) is 10.1 Å². The Bertz CT molecular complexity index is 1260. The molecule has 1 unspecified atom stereocenters. The van der Waals surface area contributed by atoms with Crippen molar-refractivity contribution in [1.82, 2.24) is 5.32 Å². The van der Waals surface area contributed by atoms with Crippen LogP contribution in [0.25, 0.3) is 0 Å². The molecular formula is C21H19N3O7S2. The molecule has 3 aromatic rings. The number of carbonyl (C=O) groups is 2. The highest BCUT2D eigenvalue weighted by atomic mass is 32.2. The SMILES string of the molecule is COC(=O)CC(NC(=O)c1ccc(NS(=O)(=O)c2cccc([N+](=O)[O-])c2)cc1)c1cccs1. The number of thiophene rings is 1. The van der Waals surface area contributed by atoms with Crippen LogP contribution in [0.5, 0.6) is 0 Å². The number of methoxy groups -OCH3 is 1. The van der Waals surface area contributed by atoms with E-state index in [1.54, 1.807) is 12.1 Å². The van der Waals surface area contributed by atoms with E-state index in [0.717, 1.165) is 10.9 Å². The Hall–Kier alpha value is -3.77. The zero-order valence-corrected chi connectivity index (χ0v) is 18.9. The predicted molar refractivity (Wildman–Crippen MR) is 122 cm³/mol. The van der Waals surface area contributed by atoms with Crippen molar-refractivity contribution in [2.75, 3.05) is 11.8 Å². The average molecular weight is 490 g/mol. The molecule has 1 aromatic heterocycles. The van der Waals surface area contributed by atoms with Crippen molar-refractivity contribution >= 4 is 44.6 Å². The molecule has 0 aliphatic heterocycles. The summed E-state index contributed by atoms with van der Waals surface area (Å²) in [5, 5.41) is 15.5. The average Bonchev–Trinajstić information content (AvgIpc) is 3.33. The van der Waals surface area contributed by atoms with Gasteiger partial charge >= 0.3 is 5.97 Å². The lowest BCUT2D eigenvalue weighted by Crippen LogP contribution is -2.30. The summed E-state index contributed by atoms with van der Waals surface area (Å²) in [6.45, 7) is 0. The molecule has 2 aromatic carbocycles. The first-order chi connectivity index (χ1) is 15.7. The number of nitrogens with one attached hydrogen (secondary N) is 2. The lowest BCUT2D eigenvalue weighted by Gasteiger charge is -2.16. The van der Waals surface area contributed by atoms with Crippen molar-refractivity contribution in [3.05, 3.63) is 86.6 Å². The quantitative estimate of drug-likeness (QED) is 0.266. The topological polar surface area (TPSA) is 145 Å². The van der Waals surface area contributed by atoms with Gasteiger partial charge in [-0.1, -0.05) is 12.1 Å². The molecule has 1 atom stereocenters. The molecule has 3 rings (SSSR count). The highest BCUT2D eigenvalue weighted by Gasteiger charge is 2.21. The van der Waals surface area contributed by atoms with E-state index in [9.17, 15) is 28.1 Å². The number of esters is 1. The first-order valence-electron chi connectivity index (χ1n) is 9.48. The van der Waals surface area contributed by atoms with E-state index in [4.69, 9.17) is 4.74 Å². The summed E-state index contributed by atoms with van der Waals surface area (Å²) in [5.41, 5.74) is 0.0688. The third-order valence-corrected chi connectivity index (χ3v) is 6.89. The number of carbonyl (C=O) groups excluding carboxylic acids is 2. The summed E-state index contributed by atoms with van der Waals surface area (Å²) in [5.74, 6) is -0.926. The number of sulfonamides is 1. The summed E-state index contributed by atoms with van der Waals surface area (Å²) in [4.78, 5) is 35.1. The number of hydrogen-bond acceptors (Lipinski definition) is 8. The number of nitrogens with zero attached hydrogens (tertiary/aromatic N) is 1. The fraction of sp³-hybridized carbons (Fsp3) is 0.143. The number of rotatable bonds is 9. The molecule has 172 valence electrons. The molecule has 0 radical (unpaired) electrons. The van der Waals surface area contributed by atoms with Crippen LogP contribution in [0.3, 0.4) is 0 Å². The van der Waals surface area contributed by atoms with E-state index in [-0.39, 0.29) is 28.3 Å². The van der Waals surface area contributed by atoms with Gasteiger partial charge in [-0.2, -0.15) is 0 Å². The Morgan fingerprint density at radius 2 is 1.85 bits per heavy atom. The third-order valence-electron chi connectivity index (χ3n) is 4.53. The maximum absolute atomic E-state index is 12.7. The van der Waals surface area contributed by atoms with Gasteiger partial charge in [0.1, 0.15) is 0 Å². The van der Waals surface area contributed by atoms with Crippen molar-refractivity contribution in [2.24, 2.45) is 0 Å². The Morgan fingerprint density at radius 1 is 1.12 bits per heavy atom. The van der Waals surface area contributed by atoms with Crippen molar-refractivity contribution in [3.8, 4) is 0 Å². The summed E-state index contributed by atoms with van der Waals surface area (Å²) in [6, 6.07) is 13.3. The molecule has 0 spiro atoms. The molecule has 1 amide bonds. The maximum atomic E-state index is 12.7. The second-order valence-corrected chi connectivity index (χ2v) is 9.42. The van der Waals surface area contributed by atoms with E-state index in [0.29, 0.717) is 0 Å². The van der Waals surface area contributed by atoms with Crippen LogP contribution in [0.15, 0.2) is 70.9 Å². The Kier molecular flexibility index (Phi) is 7.41. The highest BCUT2D eigenvalue weighted by Crippen LogP contribution is 2.24. The van der Waals surface area contributed by atoms with Crippen LogP contribution in [0.2, 0.25) is 0 Å². The molecule has 0 fully saturated rings. The van der Waals surface area contributed by atoms with E-state index < -0.39 is 32.9 Å². The number of non-ortho nitro benzene ring substituents is 1. The number of nitro benzene ring substituents is 1. The normalized spacial score (nSPS) is 11.9. The zero-order chi connectivity index (χ0) is 24.0. The molecule has 2 N–H and O–H groups in total. The lowest BCUT2D eigenvalue weighted by atomic mass is 10.1. The molecule has 33 heavy (non-hydrogen) atoms. The van der Waals surface area contributed by atoms with Crippen molar-refractivity contribution in [2.45, 2.75) is 17.4 Å². The summed E-state index contributed by atoms with van der Waals surface area (Å²) in [6.07, 6.45) is -0.0378. The van der Waals surface area contributed by atoms with Crippen molar-refractivity contribution in [1.29, 1.82) is 0 Å². The standard InChI is InChI=1S/C21H19N3O7S2/c1-31-20(25)13-18(19-6-3-11-32-19)22-21(26)14-7-9-15(10-8-14)23-33(29,30)17-5-2-4-16(12-17)24(27)28/h2-12,18,23H,13H2,1H3,(H,22,26). The van der Waals surface area contributed by atoms with Gasteiger partial charge in [-0.15, -0.1) is 11.3 Å². The fourth-order valence-electron chi connectivity index (χ4n) is 2.87. The van der Waals surface area contributed by atoms with Crippen LogP contribution >= 0.6 is 11.3 Å². The van der Waals surface area contributed by atoms with Gasteiger partial charge in [-0.25, -0.2) is 8.42 Å². The minimum Gasteiger partial charge on any atom is -0.469 e. The molecule has 0 saturated carbocycles. The molecule has 0 aliphatic rings. The van der Waals surface area contributed by atoms with Gasteiger partial charge in [-0.3, -0.25) is 24.4 Å². The smallest absolute Gasteiger partial charge is 0.307 e. The summed E-state index contributed by atoms with van der Waals surface area (Å²) in [7, 11) is -2.81. The first-order valence-corrected chi connectivity index (χ1v) is 11.8. The van der Waals surface area contributed by atoms with Gasteiger partial charge in [0.25, 0.3) is 21.6 Å². The van der Waals surface area contributed by atoms with Gasteiger partial charge < -0.3 is 10.1 Å². The monoisotopic (exact) mass is 489 g/mol. The summed E-state index contributed by atoms with van der Waals surface area (Å²) >= 11 is 1.39. The molecule has 10 nitrogen and oxygen atoms in total. The Morgan fingerprint density at radius 3 is 2.45 bits per heavy atom. The minimum absolute atomic E-state index is 0.0378. The molecule has 0 bridgehead atoms. The second kappa shape index (κ2) is 10.2. The Balaban J connectivity index is 1.72. The van der Waals surface area contributed by atoms with E-state index >= 15 is 0 Å². The van der Waals surface area contributed by atoms with E-state index in [1.807, 2.05) is 5.38 Å². The molecule has 0 saturated heterocycles. The molecule has 0 aliphatic carbocycles. The van der Waals surface area contributed by atoms with Crippen LogP contribution in [0.1, 0.15) is 27.7 Å². The molecular weight excluding hydrogens is 470 g/mol. The van der Waals surface area contributed by atoms with Gasteiger partial charge in [0.05, 0.1) is 29.4 Å². The number of anilines is 1. The van der Waals surface area contributed by atoms with E-state index in [1.165, 1.54) is 60.9 Å². The molecule has 1 heterocycles. The first kappa shape index (κ1) is 23.9. The van der Waals surface area contributed by atoms with Gasteiger partial charge in [0.15, 0.2) is 0 Å². The lowest BCUT2D eigenvalue weighted by molar-refractivity contribution is -0.385. The van der Waals surface area contributed by atoms with Gasteiger partial charge in [0.2, 0.25) is 0 Å². The minimum atomic E-state index is -4.07. The van der Waals surface area contributed by atoms with Crippen LogP contribution in [0.4, 0.5) is 11.4 Å². The predicted octanol–water partition coefficient (Wildman–Crippen LogP) is 3.49. The zero-order valence-electron chi connectivity index (χ0n) is 17.3. The molecule has 12 heteroatoms.